The summed E-state index contributed by atoms with van der Waals surface area (Å²) in [5, 5.41) is 18.9. The van der Waals surface area contributed by atoms with E-state index in [0.29, 0.717) is 0 Å². The van der Waals surface area contributed by atoms with Gasteiger partial charge in [-0.1, -0.05) is 0 Å². The summed E-state index contributed by atoms with van der Waals surface area (Å²) in [5.41, 5.74) is 9.89. The summed E-state index contributed by atoms with van der Waals surface area (Å²) >= 11 is 0. The summed E-state index contributed by atoms with van der Waals surface area (Å²) in [5.74, 6) is -0.977. The van der Waals surface area contributed by atoms with Gasteiger partial charge in [0.2, 0.25) is 5.91 Å². The molecule has 0 fully saturated rings. The fourth-order valence-corrected chi connectivity index (χ4v) is 0.528. The number of aliphatic hydroxyl groups is 1. The minimum atomic E-state index is -1.53. The molecular formula is C5H12ClN3O4. The van der Waals surface area contributed by atoms with Crippen LogP contribution in [0.25, 0.3) is 0 Å². The molecule has 0 aliphatic carbocycles. The molecule has 7 N–H and O–H groups in total. The van der Waals surface area contributed by atoms with Gasteiger partial charge in [-0.3, -0.25) is 4.79 Å². The average molecular weight is 214 g/mol. The number of halogens is 1. The number of carbonyl (C=O) groups is 2. The number of hydrogen-bond donors (Lipinski definition) is 5. The van der Waals surface area contributed by atoms with Crippen molar-refractivity contribution in [1.82, 2.24) is 5.32 Å². The van der Waals surface area contributed by atoms with Gasteiger partial charge in [-0.2, -0.15) is 0 Å². The molecule has 78 valence electrons. The van der Waals surface area contributed by atoms with E-state index >= 15 is 0 Å². The number of aliphatic hydroxyl groups excluding tert-OH is 1. The lowest BCUT2D eigenvalue weighted by Gasteiger charge is -2.14. The maximum absolute atomic E-state index is 10.3. The largest absolute Gasteiger partial charge is 0.465 e. The fourth-order valence-electron chi connectivity index (χ4n) is 0.528. The van der Waals surface area contributed by atoms with Crippen LogP contribution in [0.4, 0.5) is 4.79 Å². The van der Waals surface area contributed by atoms with Crippen LogP contribution in [0.5, 0.6) is 0 Å². The number of nitrogens with two attached hydrogens (primary N) is 2. The maximum atomic E-state index is 10.3. The Labute approximate surface area is 80.5 Å². The van der Waals surface area contributed by atoms with E-state index in [-0.39, 0.29) is 19.0 Å². The summed E-state index contributed by atoms with van der Waals surface area (Å²) in [4.78, 5) is 20.2. The Morgan fingerprint density at radius 1 is 1.46 bits per heavy atom. The SMILES string of the molecule is Cl.NC(=O)C(O)C(N)CNC(=O)O. The molecule has 0 aromatic heterocycles. The molecule has 8 heteroatoms. The first-order valence-corrected chi connectivity index (χ1v) is 3.15. The molecule has 0 saturated heterocycles. The zero-order valence-electron chi connectivity index (χ0n) is 6.64. The van der Waals surface area contributed by atoms with Crippen molar-refractivity contribution in [2.45, 2.75) is 12.1 Å². The molecule has 0 saturated carbocycles. The Bertz CT molecular complexity index is 189. The van der Waals surface area contributed by atoms with E-state index in [9.17, 15) is 9.59 Å². The van der Waals surface area contributed by atoms with Crippen LogP contribution in [-0.2, 0) is 4.79 Å². The number of nitrogens with one attached hydrogen (secondary N) is 1. The third kappa shape index (κ3) is 6.14. The molecule has 0 radical (unpaired) electrons. The number of amides is 2. The molecule has 2 unspecified atom stereocenters. The Kier molecular flexibility index (Phi) is 7.20. The monoisotopic (exact) mass is 213 g/mol. The Balaban J connectivity index is 0. The Hall–Kier alpha value is -1.05. The molecule has 0 heterocycles. The van der Waals surface area contributed by atoms with Gasteiger partial charge in [0.1, 0.15) is 6.10 Å². The molecule has 2 atom stereocenters. The zero-order valence-corrected chi connectivity index (χ0v) is 7.45. The van der Waals surface area contributed by atoms with Crippen molar-refractivity contribution >= 4 is 24.4 Å². The summed E-state index contributed by atoms with van der Waals surface area (Å²) in [6, 6.07) is -1.02. The minimum absolute atomic E-state index is 0. The van der Waals surface area contributed by atoms with Gasteiger partial charge in [-0.05, 0) is 0 Å². The van der Waals surface area contributed by atoms with E-state index in [4.69, 9.17) is 21.7 Å². The van der Waals surface area contributed by atoms with Crippen LogP contribution < -0.4 is 16.8 Å². The van der Waals surface area contributed by atoms with Crippen LogP contribution in [0.3, 0.4) is 0 Å². The highest BCUT2D eigenvalue weighted by molar-refractivity contribution is 5.85. The lowest BCUT2D eigenvalue weighted by atomic mass is 10.1. The quantitative estimate of drug-likeness (QED) is 0.362. The molecule has 2 amide bonds. The van der Waals surface area contributed by atoms with E-state index in [2.05, 4.69) is 0 Å². The van der Waals surface area contributed by atoms with Crippen LogP contribution in [0, 0.1) is 0 Å². The molecule has 0 rings (SSSR count). The maximum Gasteiger partial charge on any atom is 0.404 e. The fraction of sp³-hybridized carbons (Fsp3) is 0.600. The van der Waals surface area contributed by atoms with Gasteiger partial charge in [0.05, 0.1) is 6.04 Å². The van der Waals surface area contributed by atoms with Gasteiger partial charge in [0.15, 0.2) is 0 Å². The van der Waals surface area contributed by atoms with E-state index in [1.165, 1.54) is 0 Å². The minimum Gasteiger partial charge on any atom is -0.465 e. The standard InChI is InChI=1S/C5H11N3O4.ClH/c6-2(1-8-5(11)12)3(9)4(7)10;/h2-3,8-9H,1,6H2,(H2,7,10)(H,11,12);1H. The average Bonchev–Trinajstić information content (AvgIpc) is 1.98. The van der Waals surface area contributed by atoms with Crippen LogP contribution >= 0.6 is 12.4 Å². The molecule has 0 aromatic carbocycles. The van der Waals surface area contributed by atoms with Crippen molar-refractivity contribution in [3.8, 4) is 0 Å². The summed E-state index contributed by atoms with van der Waals surface area (Å²) in [6.45, 7) is -0.223. The van der Waals surface area contributed by atoms with Crippen molar-refractivity contribution in [1.29, 1.82) is 0 Å². The van der Waals surface area contributed by atoms with Gasteiger partial charge in [0.25, 0.3) is 0 Å². The van der Waals surface area contributed by atoms with Crippen molar-refractivity contribution in [2.24, 2.45) is 11.5 Å². The van der Waals surface area contributed by atoms with Crippen LogP contribution in [0.1, 0.15) is 0 Å². The van der Waals surface area contributed by atoms with Crippen molar-refractivity contribution < 1.29 is 19.8 Å². The number of primary amides is 1. The van der Waals surface area contributed by atoms with Crippen molar-refractivity contribution in [2.75, 3.05) is 6.54 Å². The van der Waals surface area contributed by atoms with E-state index in [0.717, 1.165) is 0 Å². The second kappa shape index (κ2) is 6.46. The predicted octanol–water partition coefficient (Wildman–Crippen LogP) is -2.15. The summed E-state index contributed by atoms with van der Waals surface area (Å²) in [6.07, 6.45) is -2.81. The van der Waals surface area contributed by atoms with Gasteiger partial charge >= 0.3 is 6.09 Å². The van der Waals surface area contributed by atoms with Crippen LogP contribution in [0.2, 0.25) is 0 Å². The molecule has 13 heavy (non-hydrogen) atoms. The number of rotatable bonds is 4. The van der Waals surface area contributed by atoms with E-state index in [1.54, 1.807) is 0 Å². The second-order valence-electron chi connectivity index (χ2n) is 2.20. The summed E-state index contributed by atoms with van der Waals surface area (Å²) in [7, 11) is 0. The first-order chi connectivity index (χ1) is 5.45. The van der Waals surface area contributed by atoms with E-state index < -0.39 is 24.1 Å². The number of carboxylic acid groups (broad SMARTS) is 1. The van der Waals surface area contributed by atoms with Crippen molar-refractivity contribution in [3.05, 3.63) is 0 Å². The molecule has 7 nitrogen and oxygen atoms in total. The zero-order chi connectivity index (χ0) is 9.72. The smallest absolute Gasteiger partial charge is 0.404 e. The second-order valence-corrected chi connectivity index (χ2v) is 2.20. The van der Waals surface area contributed by atoms with Gasteiger partial charge < -0.3 is 27.0 Å². The predicted molar refractivity (Wildman–Crippen MR) is 46.5 cm³/mol. The van der Waals surface area contributed by atoms with Gasteiger partial charge in [-0.25, -0.2) is 4.79 Å². The van der Waals surface area contributed by atoms with Crippen LogP contribution in [0.15, 0.2) is 0 Å². The Morgan fingerprint density at radius 3 is 2.23 bits per heavy atom. The summed E-state index contributed by atoms with van der Waals surface area (Å²) < 4.78 is 0. The lowest BCUT2D eigenvalue weighted by Crippen LogP contribution is -2.50. The highest BCUT2D eigenvalue weighted by atomic mass is 35.5. The van der Waals surface area contributed by atoms with E-state index in [1.807, 2.05) is 5.32 Å². The third-order valence-corrected chi connectivity index (χ3v) is 1.19. The lowest BCUT2D eigenvalue weighted by molar-refractivity contribution is -0.126. The molecule has 0 aliphatic heterocycles. The van der Waals surface area contributed by atoms with Crippen LogP contribution in [-0.4, -0.2) is 40.9 Å². The number of carbonyl (C=O) groups excluding carboxylic acids is 1. The molecule has 0 aromatic rings. The molecular weight excluding hydrogens is 202 g/mol. The van der Waals surface area contributed by atoms with Gasteiger partial charge in [-0.15, -0.1) is 12.4 Å². The first kappa shape index (κ1) is 14.5. The Morgan fingerprint density at radius 2 is 1.92 bits per heavy atom. The highest BCUT2D eigenvalue weighted by Crippen LogP contribution is 1.86. The highest BCUT2D eigenvalue weighted by Gasteiger charge is 2.20. The topological polar surface area (TPSA) is 139 Å². The number of hydrogen-bond acceptors (Lipinski definition) is 4. The molecule has 0 spiro atoms. The normalized spacial score (nSPS) is 13.7. The third-order valence-electron chi connectivity index (χ3n) is 1.19. The first-order valence-electron chi connectivity index (χ1n) is 3.15. The molecule has 0 bridgehead atoms. The van der Waals surface area contributed by atoms with Gasteiger partial charge in [0, 0.05) is 6.54 Å². The molecule has 0 aliphatic rings. The van der Waals surface area contributed by atoms with Crippen molar-refractivity contribution in [3.63, 3.8) is 0 Å².